The van der Waals surface area contributed by atoms with E-state index < -0.39 is 53.2 Å². The molecule has 10 heteroatoms. The smallest absolute Gasteiger partial charge is 0.331 e. The van der Waals surface area contributed by atoms with Crippen LogP contribution >= 0.6 is 0 Å². The van der Waals surface area contributed by atoms with Crippen molar-refractivity contribution in [1.82, 2.24) is 10.2 Å². The topological polar surface area (TPSA) is 93.5 Å². The van der Waals surface area contributed by atoms with Crippen LogP contribution in [0, 0.1) is 16.7 Å². The Morgan fingerprint density at radius 2 is 1.39 bits per heavy atom. The summed E-state index contributed by atoms with van der Waals surface area (Å²) in [5.74, 6) is -4.41. The number of rotatable bonds is 5. The highest BCUT2D eigenvalue weighted by Gasteiger charge is 2.81. The van der Waals surface area contributed by atoms with E-state index in [1.54, 1.807) is 66.7 Å². The third kappa shape index (κ3) is 4.19. The maximum Gasteiger partial charge on any atom is 0.404 e. The van der Waals surface area contributed by atoms with Gasteiger partial charge in [0.2, 0.25) is 5.78 Å². The Hall–Kier alpha value is -5.27. The minimum atomic E-state index is -4.92. The zero-order valence-corrected chi connectivity index (χ0v) is 24.4. The first-order valence-corrected chi connectivity index (χ1v) is 14.8. The second-order valence-corrected chi connectivity index (χ2v) is 12.0. The minimum Gasteiger partial charge on any atom is -0.331 e. The lowest BCUT2D eigenvalue weighted by atomic mass is 9.59. The van der Waals surface area contributed by atoms with Gasteiger partial charge in [0.1, 0.15) is 11.6 Å². The number of likely N-dealkylation sites (tertiary alicyclic amines) is 1. The first-order chi connectivity index (χ1) is 22.1. The van der Waals surface area contributed by atoms with Crippen molar-refractivity contribution in [3.63, 3.8) is 0 Å². The van der Waals surface area contributed by atoms with Gasteiger partial charge in [0.25, 0.3) is 11.8 Å². The Morgan fingerprint density at radius 1 is 0.804 bits per heavy atom. The molecule has 2 saturated heterocycles. The molecule has 0 radical (unpaired) electrons. The van der Waals surface area contributed by atoms with Crippen LogP contribution in [0.4, 0.5) is 18.9 Å². The van der Waals surface area contributed by atoms with Gasteiger partial charge in [-0.2, -0.15) is 18.4 Å². The molecule has 7 rings (SSSR count). The predicted octanol–water partition coefficient (Wildman–Crippen LogP) is 5.22. The van der Waals surface area contributed by atoms with Gasteiger partial charge in [-0.1, -0.05) is 91.0 Å². The molecule has 0 unspecified atom stereocenters. The lowest BCUT2D eigenvalue weighted by molar-refractivity contribution is -0.159. The molecule has 3 aliphatic heterocycles. The Bertz CT molecular complexity index is 1890. The van der Waals surface area contributed by atoms with E-state index in [-0.39, 0.29) is 29.8 Å². The molecule has 230 valence electrons. The highest BCUT2D eigenvalue weighted by molar-refractivity contribution is 6.42. The number of fused-ring (bicyclic) bond motifs is 3. The number of hydrogen-bond donors (Lipinski definition) is 1. The second-order valence-electron chi connectivity index (χ2n) is 12.0. The van der Waals surface area contributed by atoms with Crippen molar-refractivity contribution in [2.24, 2.45) is 5.41 Å². The summed E-state index contributed by atoms with van der Waals surface area (Å²) in [7, 11) is 0. The fourth-order valence-electron chi connectivity index (χ4n) is 7.66. The predicted molar refractivity (Wildman–Crippen MR) is 162 cm³/mol. The lowest BCUT2D eigenvalue weighted by Crippen LogP contribution is -2.60. The number of nitriles is 1. The van der Waals surface area contributed by atoms with Gasteiger partial charge in [0, 0.05) is 30.3 Å². The van der Waals surface area contributed by atoms with Gasteiger partial charge in [-0.25, -0.2) is 0 Å². The van der Waals surface area contributed by atoms with E-state index >= 15 is 13.2 Å². The Labute approximate surface area is 262 Å². The fraction of sp³-hybridized carbons (Fsp3) is 0.222. The van der Waals surface area contributed by atoms with Crippen molar-refractivity contribution in [3.05, 3.63) is 137 Å². The maximum atomic E-state index is 15.3. The van der Waals surface area contributed by atoms with Crippen molar-refractivity contribution < 1.29 is 27.6 Å². The Balaban J connectivity index is 1.48. The number of anilines is 1. The number of amides is 2. The standard InChI is InChI=1S/C36H27F3N4O3/c37-36(38,39)30-29(26-17-15-23(19-40)16-18-26)34(22-42(32(45)31(34)44)20-24-9-3-1-4-10-24)35(41-30)27-13-7-8-14-28(27)43(33(35)46)21-25-11-5-2-6-12-25/h1-18,29-30,41H,20-22H2/t29-,30+,34-,35-/m1/s1. The summed E-state index contributed by atoms with van der Waals surface area (Å²) < 4.78 is 45.8. The van der Waals surface area contributed by atoms with E-state index in [1.807, 2.05) is 24.3 Å². The number of benzene rings is 4. The van der Waals surface area contributed by atoms with Gasteiger partial charge in [-0.3, -0.25) is 19.7 Å². The quantitative estimate of drug-likeness (QED) is 0.309. The average molecular weight is 621 g/mol. The van der Waals surface area contributed by atoms with Crippen LogP contribution in [-0.2, 0) is 33.0 Å². The van der Waals surface area contributed by atoms with E-state index in [9.17, 15) is 19.6 Å². The Kier molecular flexibility index (Phi) is 6.83. The normalized spacial score (nSPS) is 25.5. The molecule has 4 atom stereocenters. The van der Waals surface area contributed by atoms with E-state index in [1.165, 1.54) is 34.1 Å². The number of carbonyl (C=O) groups is 3. The third-order valence-electron chi connectivity index (χ3n) is 9.55. The van der Waals surface area contributed by atoms with Crippen molar-refractivity contribution in [1.29, 1.82) is 5.26 Å². The van der Waals surface area contributed by atoms with Crippen LogP contribution in [-0.4, -0.2) is 41.3 Å². The van der Waals surface area contributed by atoms with Gasteiger partial charge >= 0.3 is 6.18 Å². The van der Waals surface area contributed by atoms with Crippen LogP contribution in [0.3, 0.4) is 0 Å². The molecule has 4 aromatic carbocycles. The molecule has 0 bridgehead atoms. The van der Waals surface area contributed by atoms with Crippen LogP contribution in [0.5, 0.6) is 0 Å². The first kappa shape index (κ1) is 29.4. The number of nitrogens with zero attached hydrogens (tertiary/aromatic N) is 3. The van der Waals surface area contributed by atoms with Gasteiger partial charge in [-0.05, 0) is 34.9 Å². The number of Topliss-reactive ketones (excluding diaryl/α,β-unsaturated/α-hetero) is 1. The number of para-hydroxylation sites is 1. The first-order valence-electron chi connectivity index (χ1n) is 14.8. The summed E-state index contributed by atoms with van der Waals surface area (Å²) in [6, 6.07) is 29.6. The highest BCUT2D eigenvalue weighted by Crippen LogP contribution is 2.65. The van der Waals surface area contributed by atoms with Crippen molar-refractivity contribution in [2.45, 2.75) is 36.8 Å². The number of halogens is 3. The third-order valence-corrected chi connectivity index (χ3v) is 9.55. The fourth-order valence-corrected chi connectivity index (χ4v) is 7.66. The van der Waals surface area contributed by atoms with Crippen LogP contribution in [0.15, 0.2) is 109 Å². The molecule has 0 saturated carbocycles. The molecule has 3 aliphatic rings. The summed E-state index contributed by atoms with van der Waals surface area (Å²) in [6.07, 6.45) is -4.92. The molecule has 3 heterocycles. The van der Waals surface area contributed by atoms with Crippen LogP contribution in [0.2, 0.25) is 0 Å². The molecule has 46 heavy (non-hydrogen) atoms. The molecule has 0 aromatic heterocycles. The highest BCUT2D eigenvalue weighted by atomic mass is 19.4. The van der Waals surface area contributed by atoms with Crippen molar-refractivity contribution >= 4 is 23.3 Å². The maximum absolute atomic E-state index is 15.3. The Morgan fingerprint density at radius 3 is 2.00 bits per heavy atom. The number of alkyl halides is 3. The van der Waals surface area contributed by atoms with E-state index in [4.69, 9.17) is 0 Å². The average Bonchev–Trinajstić information content (AvgIpc) is 3.61. The van der Waals surface area contributed by atoms with Crippen LogP contribution < -0.4 is 10.2 Å². The van der Waals surface area contributed by atoms with Gasteiger partial charge < -0.3 is 9.80 Å². The minimum absolute atomic E-state index is 0.0242. The summed E-state index contributed by atoms with van der Waals surface area (Å²) in [5.41, 5.74) is -2.09. The monoisotopic (exact) mass is 620 g/mol. The van der Waals surface area contributed by atoms with Gasteiger partial charge in [-0.15, -0.1) is 0 Å². The van der Waals surface area contributed by atoms with Gasteiger partial charge in [0.15, 0.2) is 0 Å². The molecule has 2 amide bonds. The number of carbonyl (C=O) groups excluding carboxylic acids is 3. The largest absolute Gasteiger partial charge is 0.404 e. The number of nitrogens with one attached hydrogen (secondary N) is 1. The molecule has 4 aromatic rings. The van der Waals surface area contributed by atoms with Gasteiger partial charge in [0.05, 0.1) is 23.6 Å². The summed E-state index contributed by atoms with van der Waals surface area (Å²) in [6.45, 7) is -0.406. The van der Waals surface area contributed by atoms with E-state index in [0.29, 0.717) is 11.3 Å². The zero-order valence-electron chi connectivity index (χ0n) is 24.4. The van der Waals surface area contributed by atoms with Crippen molar-refractivity contribution in [3.8, 4) is 6.07 Å². The molecule has 1 N–H and O–H groups in total. The number of ketones is 1. The SMILES string of the molecule is N#Cc1ccc([C@@H]2[C@@H](C(F)(F)F)N[C@]3(C(=O)N(Cc4ccccc4)c4ccccc43)[C@]23CN(Cc2ccccc2)C(=O)C3=O)cc1. The molecule has 0 aliphatic carbocycles. The zero-order chi connectivity index (χ0) is 32.3. The lowest BCUT2D eigenvalue weighted by Gasteiger charge is -2.40. The molecule has 7 nitrogen and oxygen atoms in total. The molecular weight excluding hydrogens is 593 g/mol. The van der Waals surface area contributed by atoms with Crippen LogP contribution in [0.25, 0.3) is 0 Å². The summed E-state index contributed by atoms with van der Waals surface area (Å²) in [4.78, 5) is 46.3. The van der Waals surface area contributed by atoms with E-state index in [2.05, 4.69) is 5.32 Å². The summed E-state index contributed by atoms with van der Waals surface area (Å²) >= 11 is 0. The van der Waals surface area contributed by atoms with E-state index in [0.717, 1.165) is 5.56 Å². The number of hydrogen-bond acceptors (Lipinski definition) is 5. The molecule has 2 fully saturated rings. The van der Waals surface area contributed by atoms with Crippen LogP contribution in [0.1, 0.15) is 33.7 Å². The second kappa shape index (κ2) is 10.7. The van der Waals surface area contributed by atoms with Crippen molar-refractivity contribution in [2.75, 3.05) is 11.4 Å². The molecule has 2 spiro atoms. The summed E-state index contributed by atoms with van der Waals surface area (Å²) in [5, 5.41) is 12.1. The molecular formula is C36H27F3N4O3.